The van der Waals surface area contributed by atoms with Crippen molar-refractivity contribution in [1.82, 2.24) is 5.16 Å². The Hall–Kier alpha value is -2.45. The third-order valence-corrected chi connectivity index (χ3v) is 5.64. The molecule has 1 heterocycles. The lowest BCUT2D eigenvalue weighted by Gasteiger charge is -2.13. The fraction of sp³-hybridized carbons (Fsp3) is 0.118. The topological polar surface area (TPSA) is 81.4 Å². The zero-order valence-corrected chi connectivity index (χ0v) is 15.2. The van der Waals surface area contributed by atoms with E-state index in [-0.39, 0.29) is 10.6 Å². The number of benzene rings is 2. The molecule has 0 spiro atoms. The molecule has 0 saturated heterocycles. The lowest BCUT2D eigenvalue weighted by Crippen LogP contribution is -2.14. The lowest BCUT2D eigenvalue weighted by molar-refractivity contribution is 0.402. The van der Waals surface area contributed by atoms with E-state index in [2.05, 4.69) is 9.88 Å². The quantitative estimate of drug-likeness (QED) is 0.658. The summed E-state index contributed by atoms with van der Waals surface area (Å²) in [6, 6.07) is 13.6. The summed E-state index contributed by atoms with van der Waals surface area (Å²) in [4.78, 5) is 1.01. The van der Waals surface area contributed by atoms with Gasteiger partial charge in [0.2, 0.25) is 0 Å². The van der Waals surface area contributed by atoms with Crippen LogP contribution < -0.4 is 9.46 Å². The molecular weight excluding hydrogens is 360 g/mol. The second-order valence-corrected chi connectivity index (χ2v) is 7.61. The summed E-state index contributed by atoms with van der Waals surface area (Å²) < 4.78 is 38.4. The summed E-state index contributed by atoms with van der Waals surface area (Å²) in [7, 11) is -2.37. The van der Waals surface area contributed by atoms with E-state index in [1.807, 2.05) is 12.3 Å². The molecule has 0 saturated carbocycles. The van der Waals surface area contributed by atoms with E-state index in [0.717, 1.165) is 4.90 Å². The van der Waals surface area contributed by atoms with E-state index >= 15 is 0 Å². The molecule has 0 amide bonds. The van der Waals surface area contributed by atoms with Gasteiger partial charge in [0.25, 0.3) is 10.0 Å². The number of sulfonamides is 1. The lowest BCUT2D eigenvalue weighted by atomic mass is 10.1. The fourth-order valence-corrected chi connectivity index (χ4v) is 3.97. The maximum Gasteiger partial charge on any atom is 0.265 e. The Morgan fingerprint density at radius 3 is 2.68 bits per heavy atom. The largest absolute Gasteiger partial charge is 0.495 e. The molecule has 0 atom stereocenters. The number of aromatic nitrogens is 1. The van der Waals surface area contributed by atoms with Gasteiger partial charge in [-0.2, -0.15) is 0 Å². The second kappa shape index (κ2) is 7.20. The molecule has 0 aliphatic heterocycles. The van der Waals surface area contributed by atoms with Crippen molar-refractivity contribution in [2.75, 3.05) is 18.1 Å². The predicted molar refractivity (Wildman–Crippen MR) is 97.5 cm³/mol. The number of methoxy groups -OCH3 is 1. The molecule has 0 aliphatic rings. The molecule has 0 fully saturated rings. The van der Waals surface area contributed by atoms with Crippen molar-refractivity contribution >= 4 is 27.5 Å². The van der Waals surface area contributed by atoms with E-state index in [1.165, 1.54) is 31.1 Å². The zero-order chi connectivity index (χ0) is 17.9. The predicted octanol–water partition coefficient (Wildman–Crippen LogP) is 3.87. The van der Waals surface area contributed by atoms with Crippen molar-refractivity contribution in [3.8, 4) is 17.1 Å². The standard InChI is InChI=1S/C17H16N2O4S2/c1-22-16-10-12(15-8-9-18-23-15)6-7-17(16)25(20,21)19-13-4-3-5-14(11-13)24-2/h3-11,19H,1-2H3. The van der Waals surface area contributed by atoms with E-state index in [1.54, 1.807) is 36.4 Å². The summed E-state index contributed by atoms with van der Waals surface area (Å²) in [5, 5.41) is 3.65. The molecule has 3 aromatic rings. The molecule has 0 aliphatic carbocycles. The molecule has 1 aromatic heterocycles. The minimum absolute atomic E-state index is 0.0489. The highest BCUT2D eigenvalue weighted by atomic mass is 32.2. The van der Waals surface area contributed by atoms with Crippen molar-refractivity contribution in [3.05, 3.63) is 54.7 Å². The van der Waals surface area contributed by atoms with E-state index in [9.17, 15) is 8.42 Å². The number of anilines is 1. The fourth-order valence-electron chi connectivity index (χ4n) is 2.30. The summed E-state index contributed by atoms with van der Waals surface area (Å²) in [6.45, 7) is 0. The second-order valence-electron chi connectivity index (χ2n) is 5.08. The van der Waals surface area contributed by atoms with Gasteiger partial charge in [-0.15, -0.1) is 11.8 Å². The first-order chi connectivity index (χ1) is 12.0. The van der Waals surface area contributed by atoms with E-state index in [4.69, 9.17) is 9.26 Å². The normalized spacial score (nSPS) is 11.3. The minimum atomic E-state index is -3.80. The first-order valence-corrected chi connectivity index (χ1v) is 10.0. The van der Waals surface area contributed by atoms with Gasteiger partial charge in [-0.05, 0) is 42.7 Å². The summed E-state index contributed by atoms with van der Waals surface area (Å²) in [5.74, 6) is 0.755. The first-order valence-electron chi connectivity index (χ1n) is 7.29. The molecule has 1 N–H and O–H groups in total. The molecule has 2 aromatic carbocycles. The summed E-state index contributed by atoms with van der Waals surface area (Å²) >= 11 is 1.54. The number of thioether (sulfide) groups is 1. The van der Waals surface area contributed by atoms with Gasteiger partial charge in [-0.25, -0.2) is 8.42 Å². The molecule has 130 valence electrons. The van der Waals surface area contributed by atoms with E-state index < -0.39 is 10.0 Å². The molecule has 8 heteroatoms. The Kier molecular flexibility index (Phi) is 5.00. The van der Waals surface area contributed by atoms with Crippen LogP contribution in [0.1, 0.15) is 0 Å². The Morgan fingerprint density at radius 2 is 2.00 bits per heavy atom. The Morgan fingerprint density at radius 1 is 1.16 bits per heavy atom. The maximum absolute atomic E-state index is 12.7. The molecule has 3 rings (SSSR count). The average Bonchev–Trinajstić information content (AvgIpc) is 3.15. The van der Waals surface area contributed by atoms with Crippen molar-refractivity contribution in [2.24, 2.45) is 0 Å². The number of nitrogens with one attached hydrogen (secondary N) is 1. The van der Waals surface area contributed by atoms with Crippen molar-refractivity contribution < 1.29 is 17.7 Å². The third-order valence-electron chi connectivity index (χ3n) is 3.50. The monoisotopic (exact) mass is 376 g/mol. The summed E-state index contributed by atoms with van der Waals surface area (Å²) in [6.07, 6.45) is 3.45. The molecule has 0 radical (unpaired) electrons. The van der Waals surface area contributed by atoms with Crippen LogP contribution in [-0.4, -0.2) is 26.9 Å². The Bertz CT molecular complexity index is 970. The molecular formula is C17H16N2O4S2. The minimum Gasteiger partial charge on any atom is -0.495 e. The highest BCUT2D eigenvalue weighted by Gasteiger charge is 2.21. The highest BCUT2D eigenvalue weighted by molar-refractivity contribution is 7.98. The number of hydrogen-bond donors (Lipinski definition) is 1. The van der Waals surface area contributed by atoms with Gasteiger partial charge in [0.05, 0.1) is 13.3 Å². The molecule has 25 heavy (non-hydrogen) atoms. The number of hydrogen-bond acceptors (Lipinski definition) is 6. The maximum atomic E-state index is 12.7. The Labute approximate surface area is 150 Å². The zero-order valence-electron chi connectivity index (χ0n) is 13.6. The highest BCUT2D eigenvalue weighted by Crippen LogP contribution is 2.31. The first kappa shape index (κ1) is 17.4. The number of nitrogens with zero attached hydrogens (tertiary/aromatic N) is 1. The van der Waals surface area contributed by atoms with Crippen LogP contribution in [0.2, 0.25) is 0 Å². The van der Waals surface area contributed by atoms with Crippen LogP contribution in [0.25, 0.3) is 11.3 Å². The number of ether oxygens (including phenoxy) is 1. The molecule has 6 nitrogen and oxygen atoms in total. The van der Waals surface area contributed by atoms with Crippen LogP contribution in [0.4, 0.5) is 5.69 Å². The Balaban J connectivity index is 1.96. The van der Waals surface area contributed by atoms with Crippen molar-refractivity contribution in [2.45, 2.75) is 9.79 Å². The van der Waals surface area contributed by atoms with Gasteiger partial charge < -0.3 is 9.26 Å². The van der Waals surface area contributed by atoms with Gasteiger partial charge in [0, 0.05) is 22.2 Å². The van der Waals surface area contributed by atoms with Crippen LogP contribution in [0.5, 0.6) is 5.75 Å². The SMILES string of the molecule is COc1cc(-c2ccno2)ccc1S(=O)(=O)Nc1cccc(SC)c1. The van der Waals surface area contributed by atoms with Crippen LogP contribution in [-0.2, 0) is 10.0 Å². The van der Waals surface area contributed by atoms with Crippen LogP contribution in [0, 0.1) is 0 Å². The van der Waals surface area contributed by atoms with Crippen LogP contribution in [0.3, 0.4) is 0 Å². The van der Waals surface area contributed by atoms with Gasteiger partial charge in [-0.3, -0.25) is 4.72 Å². The van der Waals surface area contributed by atoms with Crippen molar-refractivity contribution in [1.29, 1.82) is 0 Å². The van der Waals surface area contributed by atoms with E-state index in [0.29, 0.717) is 17.0 Å². The van der Waals surface area contributed by atoms with Crippen LogP contribution in [0.15, 0.2) is 69.0 Å². The smallest absolute Gasteiger partial charge is 0.265 e. The van der Waals surface area contributed by atoms with Crippen LogP contribution >= 0.6 is 11.8 Å². The summed E-state index contributed by atoms with van der Waals surface area (Å²) in [5.41, 5.74) is 1.17. The van der Waals surface area contributed by atoms with Gasteiger partial charge >= 0.3 is 0 Å². The van der Waals surface area contributed by atoms with Gasteiger partial charge in [0.1, 0.15) is 10.6 Å². The van der Waals surface area contributed by atoms with Crippen molar-refractivity contribution in [3.63, 3.8) is 0 Å². The van der Waals surface area contributed by atoms with Gasteiger partial charge in [0.15, 0.2) is 5.76 Å². The average molecular weight is 376 g/mol. The molecule has 0 unspecified atom stereocenters. The third kappa shape index (κ3) is 3.80. The molecule has 0 bridgehead atoms. The number of rotatable bonds is 6. The van der Waals surface area contributed by atoms with Gasteiger partial charge in [-0.1, -0.05) is 11.2 Å².